The van der Waals surface area contributed by atoms with Crippen molar-refractivity contribution in [3.8, 4) is 11.3 Å². The number of anilines is 2. The van der Waals surface area contributed by atoms with Crippen molar-refractivity contribution in [1.82, 2.24) is 9.97 Å². The van der Waals surface area contributed by atoms with Crippen molar-refractivity contribution in [1.29, 1.82) is 0 Å². The van der Waals surface area contributed by atoms with Gasteiger partial charge >= 0.3 is 12.1 Å². The second kappa shape index (κ2) is 8.12. The molecule has 148 valence electrons. The van der Waals surface area contributed by atoms with Gasteiger partial charge in [-0.2, -0.15) is 0 Å². The predicted octanol–water partition coefficient (Wildman–Crippen LogP) is 3.24. The molecular weight excluding hydrogens is 364 g/mol. The van der Waals surface area contributed by atoms with E-state index in [4.69, 9.17) is 0 Å². The zero-order chi connectivity index (χ0) is 20.3. The van der Waals surface area contributed by atoms with Crippen LogP contribution in [0.1, 0.15) is 43.1 Å². The smallest absolute Gasteiger partial charge is 0.411 e. The lowest BCUT2D eigenvalue weighted by atomic mass is 10.00. The highest BCUT2D eigenvalue weighted by Gasteiger charge is 2.26. The van der Waals surface area contributed by atoms with Crippen molar-refractivity contribution in [2.24, 2.45) is 0 Å². The van der Waals surface area contributed by atoms with E-state index >= 15 is 0 Å². The maximum Gasteiger partial charge on any atom is 0.411 e. The van der Waals surface area contributed by atoms with Crippen LogP contribution in [-0.2, 0) is 14.3 Å². The van der Waals surface area contributed by atoms with E-state index in [2.05, 4.69) is 25.3 Å². The molecule has 1 aromatic heterocycles. The molecule has 28 heavy (non-hydrogen) atoms. The number of aromatic nitrogens is 2. The quantitative estimate of drug-likeness (QED) is 0.626. The summed E-state index contributed by atoms with van der Waals surface area (Å²) >= 11 is 0. The third kappa shape index (κ3) is 4.13. The summed E-state index contributed by atoms with van der Waals surface area (Å²) in [4.78, 5) is 43.1. The first-order valence-corrected chi connectivity index (χ1v) is 8.97. The molecule has 0 saturated carbocycles. The molecule has 2 heterocycles. The summed E-state index contributed by atoms with van der Waals surface area (Å²) in [6.07, 6.45) is 1.22. The van der Waals surface area contributed by atoms with Crippen LogP contribution in [0.25, 0.3) is 11.3 Å². The van der Waals surface area contributed by atoms with Crippen LogP contribution in [-0.4, -0.2) is 40.2 Å². The van der Waals surface area contributed by atoms with E-state index in [0.29, 0.717) is 53.4 Å². The van der Waals surface area contributed by atoms with Crippen molar-refractivity contribution >= 4 is 29.3 Å². The maximum atomic E-state index is 12.3. The minimum absolute atomic E-state index is 0.183. The number of H-pyrrole nitrogens is 1. The fourth-order valence-electron chi connectivity index (χ4n) is 3.24. The van der Waals surface area contributed by atoms with E-state index in [1.165, 1.54) is 7.11 Å². The molecule has 2 amide bonds. The van der Waals surface area contributed by atoms with Crippen LogP contribution in [0, 0.1) is 6.92 Å². The molecule has 0 saturated heterocycles. The summed E-state index contributed by atoms with van der Waals surface area (Å²) in [6.45, 7) is 1.80. The van der Waals surface area contributed by atoms with Gasteiger partial charge in [0.25, 0.3) is 0 Å². The van der Waals surface area contributed by atoms with Gasteiger partial charge < -0.3 is 20.1 Å². The van der Waals surface area contributed by atoms with Crippen molar-refractivity contribution in [3.63, 3.8) is 0 Å². The average molecular weight is 386 g/mol. The van der Waals surface area contributed by atoms with Crippen molar-refractivity contribution in [2.75, 3.05) is 17.7 Å². The fraction of sp³-hybridized carbons (Fsp3) is 0.368. The van der Waals surface area contributed by atoms with Crippen LogP contribution in [0.15, 0.2) is 18.2 Å². The Balaban J connectivity index is 2.09. The molecule has 9 heteroatoms. The Labute approximate surface area is 161 Å². The summed E-state index contributed by atoms with van der Waals surface area (Å²) in [5.41, 5.74) is 2.82. The van der Waals surface area contributed by atoms with Crippen LogP contribution in [0.2, 0.25) is 0 Å². The van der Waals surface area contributed by atoms with Crippen LogP contribution < -0.4 is 10.6 Å². The van der Waals surface area contributed by atoms with Gasteiger partial charge in [0.2, 0.25) is 5.91 Å². The molecule has 4 N–H and O–H groups in total. The lowest BCUT2D eigenvalue weighted by molar-refractivity contribution is -0.139. The number of carbonyl (C=O) groups is 3. The van der Waals surface area contributed by atoms with Gasteiger partial charge in [-0.15, -0.1) is 0 Å². The van der Waals surface area contributed by atoms with Crippen LogP contribution in [0.3, 0.4) is 0 Å². The summed E-state index contributed by atoms with van der Waals surface area (Å²) in [5, 5.41) is 15.0. The fourth-order valence-corrected chi connectivity index (χ4v) is 3.24. The molecule has 1 aliphatic rings. The second-order valence-corrected chi connectivity index (χ2v) is 6.66. The standard InChI is InChI=1S/C19H22N4O5/c1-10-16-12-8-7-11(21-19(27)28-2)9-14(12)22-15(24)6-4-3-5-13(18(25)26)17(20-10)23-16/h7-9,13H,3-6H2,1-2H3,(H,20,23)(H,21,27)(H,22,24)(H,25,26). The minimum atomic E-state index is -0.945. The third-order valence-electron chi connectivity index (χ3n) is 4.66. The molecule has 1 atom stereocenters. The second-order valence-electron chi connectivity index (χ2n) is 6.66. The van der Waals surface area contributed by atoms with E-state index < -0.39 is 18.0 Å². The molecule has 1 aliphatic heterocycles. The number of carbonyl (C=O) groups excluding carboxylic acids is 2. The Hall–Kier alpha value is -3.36. The first kappa shape index (κ1) is 19.4. The highest BCUT2D eigenvalue weighted by Crippen LogP contribution is 2.34. The Morgan fingerprint density at radius 2 is 2.11 bits per heavy atom. The number of carboxylic acids is 1. The van der Waals surface area contributed by atoms with Gasteiger partial charge in [-0.05, 0) is 38.0 Å². The number of aryl methyl sites for hydroxylation is 1. The molecule has 1 unspecified atom stereocenters. The molecule has 9 nitrogen and oxygen atoms in total. The van der Waals surface area contributed by atoms with E-state index in [1.54, 1.807) is 25.1 Å². The first-order chi connectivity index (χ1) is 13.4. The topological polar surface area (TPSA) is 133 Å². The summed E-state index contributed by atoms with van der Waals surface area (Å²) in [5.74, 6) is -1.48. The minimum Gasteiger partial charge on any atom is -0.481 e. The number of imidazole rings is 1. The lowest BCUT2D eigenvalue weighted by Crippen LogP contribution is -2.16. The van der Waals surface area contributed by atoms with Gasteiger partial charge in [0.1, 0.15) is 11.7 Å². The number of carboxylic acid groups (broad SMARTS) is 1. The molecule has 1 aromatic carbocycles. The normalized spacial score (nSPS) is 16.8. The van der Waals surface area contributed by atoms with Crippen molar-refractivity contribution < 1.29 is 24.2 Å². The highest BCUT2D eigenvalue weighted by atomic mass is 16.5. The van der Waals surface area contributed by atoms with Crippen LogP contribution in [0.5, 0.6) is 0 Å². The molecule has 0 fully saturated rings. The highest BCUT2D eigenvalue weighted by molar-refractivity contribution is 5.97. The number of fused-ring (bicyclic) bond motifs is 4. The van der Waals surface area contributed by atoms with Crippen molar-refractivity contribution in [2.45, 2.75) is 38.5 Å². The zero-order valence-corrected chi connectivity index (χ0v) is 15.7. The zero-order valence-electron chi connectivity index (χ0n) is 15.7. The van der Waals surface area contributed by atoms with Gasteiger partial charge in [-0.25, -0.2) is 9.78 Å². The summed E-state index contributed by atoms with van der Waals surface area (Å²) < 4.78 is 4.60. The van der Waals surface area contributed by atoms with Crippen molar-refractivity contribution in [3.05, 3.63) is 29.7 Å². The van der Waals surface area contributed by atoms with E-state index in [0.717, 1.165) is 0 Å². The van der Waals surface area contributed by atoms with Crippen LogP contribution in [0.4, 0.5) is 16.2 Å². The molecule has 3 rings (SSSR count). The number of nitrogens with zero attached hydrogens (tertiary/aromatic N) is 1. The average Bonchev–Trinajstić information content (AvgIpc) is 3.01. The van der Waals surface area contributed by atoms with Gasteiger partial charge in [-0.3, -0.25) is 14.9 Å². The van der Waals surface area contributed by atoms with E-state index in [-0.39, 0.29) is 12.3 Å². The first-order valence-electron chi connectivity index (χ1n) is 8.97. The molecule has 2 bridgehead atoms. The van der Waals surface area contributed by atoms with E-state index in [9.17, 15) is 19.5 Å². The van der Waals surface area contributed by atoms with Gasteiger partial charge in [0.05, 0.1) is 18.5 Å². The molecule has 2 aromatic rings. The third-order valence-corrected chi connectivity index (χ3v) is 4.66. The molecule has 0 aliphatic carbocycles. The monoisotopic (exact) mass is 386 g/mol. The molecule has 0 spiro atoms. The molecular formula is C19H22N4O5. The van der Waals surface area contributed by atoms with Gasteiger partial charge in [-0.1, -0.05) is 6.42 Å². The van der Waals surface area contributed by atoms with Crippen LogP contribution >= 0.6 is 0 Å². The van der Waals surface area contributed by atoms with Gasteiger partial charge in [0.15, 0.2) is 0 Å². The largest absolute Gasteiger partial charge is 0.481 e. The number of hydrogen-bond donors (Lipinski definition) is 4. The summed E-state index contributed by atoms with van der Waals surface area (Å²) in [7, 11) is 1.26. The number of aromatic amines is 1. The number of hydrogen-bond acceptors (Lipinski definition) is 5. The number of nitrogens with one attached hydrogen (secondary N) is 3. The Morgan fingerprint density at radius 1 is 1.32 bits per heavy atom. The number of ether oxygens (including phenoxy) is 1. The number of aliphatic carboxylic acids is 1. The summed E-state index contributed by atoms with van der Waals surface area (Å²) in [6, 6.07) is 5.00. The maximum absolute atomic E-state index is 12.3. The lowest BCUT2D eigenvalue weighted by Gasteiger charge is -2.14. The van der Waals surface area contributed by atoms with Gasteiger partial charge in [0, 0.05) is 23.4 Å². The Morgan fingerprint density at radius 3 is 2.82 bits per heavy atom. The Bertz CT molecular complexity index is 921. The Kier molecular flexibility index (Phi) is 5.62. The number of benzene rings is 1. The number of amides is 2. The SMILES string of the molecule is COC(=O)Nc1ccc2c(c1)NC(=O)CCCCC(C(=O)O)c1nc-2c(C)[nH]1. The van der Waals surface area contributed by atoms with E-state index in [1.807, 2.05) is 0 Å². The number of methoxy groups -OCH3 is 1. The number of rotatable bonds is 2. The molecule has 0 radical (unpaired) electrons. The predicted molar refractivity (Wildman–Crippen MR) is 102 cm³/mol.